The number of hydrogen-bond acceptors (Lipinski definition) is 5. The van der Waals surface area contributed by atoms with Crippen LogP contribution in [0.1, 0.15) is 34.7 Å². The SMILES string of the molecule is CCn1cc(-c2ccc(Cl)cc2Cl)nc1[C@@H](N)Cc1ccc(Oc2ccc(C(=O)OC)cc2)cc1.Cl. The van der Waals surface area contributed by atoms with Gasteiger partial charge in [0.2, 0.25) is 0 Å². The van der Waals surface area contributed by atoms with Crippen LogP contribution in [0.2, 0.25) is 10.0 Å². The summed E-state index contributed by atoms with van der Waals surface area (Å²) in [5.41, 5.74) is 9.67. The molecule has 0 bridgehead atoms. The van der Waals surface area contributed by atoms with Crippen LogP contribution in [0.3, 0.4) is 0 Å². The quantitative estimate of drug-likeness (QED) is 0.238. The number of rotatable bonds is 8. The summed E-state index contributed by atoms with van der Waals surface area (Å²) in [6.45, 7) is 2.79. The summed E-state index contributed by atoms with van der Waals surface area (Å²) < 4.78 is 12.6. The number of nitrogens with zero attached hydrogens (tertiary/aromatic N) is 2. The molecule has 36 heavy (non-hydrogen) atoms. The van der Waals surface area contributed by atoms with E-state index in [0.29, 0.717) is 33.5 Å². The van der Waals surface area contributed by atoms with Crippen LogP contribution >= 0.6 is 35.6 Å². The lowest BCUT2D eigenvalue weighted by Crippen LogP contribution is -2.18. The van der Waals surface area contributed by atoms with Gasteiger partial charge in [-0.25, -0.2) is 9.78 Å². The Bertz CT molecular complexity index is 1320. The molecule has 1 aromatic heterocycles. The van der Waals surface area contributed by atoms with Crippen molar-refractivity contribution in [3.05, 3.63) is 99.9 Å². The van der Waals surface area contributed by atoms with Crippen molar-refractivity contribution in [2.75, 3.05) is 7.11 Å². The van der Waals surface area contributed by atoms with Crippen LogP contribution in [-0.2, 0) is 17.7 Å². The number of hydrogen-bond donors (Lipinski definition) is 1. The lowest BCUT2D eigenvalue weighted by atomic mass is 10.1. The molecular weight excluding hydrogens is 521 g/mol. The fourth-order valence-corrected chi connectivity index (χ4v) is 4.26. The Balaban J connectivity index is 0.00000361. The van der Waals surface area contributed by atoms with Gasteiger partial charge in [0.1, 0.15) is 17.3 Å². The highest BCUT2D eigenvalue weighted by atomic mass is 35.5. The van der Waals surface area contributed by atoms with E-state index in [0.717, 1.165) is 29.2 Å². The third kappa shape index (κ3) is 6.39. The van der Waals surface area contributed by atoms with E-state index < -0.39 is 0 Å². The van der Waals surface area contributed by atoms with Gasteiger partial charge in [0.25, 0.3) is 0 Å². The van der Waals surface area contributed by atoms with Crippen molar-refractivity contribution in [2.24, 2.45) is 5.73 Å². The van der Waals surface area contributed by atoms with Crippen molar-refractivity contribution < 1.29 is 14.3 Å². The number of carbonyl (C=O) groups excluding carboxylic acids is 1. The minimum atomic E-state index is -0.385. The normalized spacial score (nSPS) is 11.5. The number of nitrogens with two attached hydrogens (primary N) is 1. The van der Waals surface area contributed by atoms with E-state index in [1.165, 1.54) is 7.11 Å². The standard InChI is InChI=1S/C27H25Cl2N3O3.ClH/c1-3-32-16-25(22-13-8-19(28)15-23(22)29)31-26(32)24(30)14-17-4-9-20(10-5-17)35-21-11-6-18(7-12-21)27(33)34-2;/h4-13,15-16,24H,3,14,30H2,1-2H3;1H/t24-;/m0./s1. The Morgan fingerprint density at radius 2 is 1.67 bits per heavy atom. The Labute approximate surface area is 226 Å². The highest BCUT2D eigenvalue weighted by molar-refractivity contribution is 6.36. The van der Waals surface area contributed by atoms with Crippen molar-refractivity contribution in [1.82, 2.24) is 9.55 Å². The molecule has 0 saturated carbocycles. The Hall–Kier alpha value is -3.03. The zero-order chi connectivity index (χ0) is 24.9. The van der Waals surface area contributed by atoms with E-state index >= 15 is 0 Å². The fraction of sp³-hybridized carbons (Fsp3) is 0.185. The number of esters is 1. The van der Waals surface area contributed by atoms with Gasteiger partial charge in [-0.3, -0.25) is 0 Å². The summed E-state index contributed by atoms with van der Waals surface area (Å²) >= 11 is 12.4. The Kier molecular flexibility index (Phi) is 9.40. The van der Waals surface area contributed by atoms with Gasteiger partial charge in [0.05, 0.1) is 29.4 Å². The van der Waals surface area contributed by atoms with Crippen LogP contribution < -0.4 is 10.5 Å². The van der Waals surface area contributed by atoms with E-state index in [1.54, 1.807) is 36.4 Å². The number of benzene rings is 3. The predicted octanol–water partition coefficient (Wildman–Crippen LogP) is 7.12. The zero-order valence-corrected chi connectivity index (χ0v) is 22.1. The molecule has 1 heterocycles. The first kappa shape index (κ1) is 27.6. The molecule has 0 amide bonds. The predicted molar refractivity (Wildman–Crippen MR) is 146 cm³/mol. The maximum atomic E-state index is 11.6. The number of aromatic nitrogens is 2. The van der Waals surface area contributed by atoms with Gasteiger partial charge < -0.3 is 19.8 Å². The van der Waals surface area contributed by atoms with Crippen molar-refractivity contribution in [3.8, 4) is 22.8 Å². The summed E-state index contributed by atoms with van der Waals surface area (Å²) in [6.07, 6.45) is 2.58. The van der Waals surface area contributed by atoms with E-state index in [9.17, 15) is 4.79 Å². The first-order valence-corrected chi connectivity index (χ1v) is 11.9. The number of ether oxygens (including phenoxy) is 2. The van der Waals surface area contributed by atoms with Crippen molar-refractivity contribution in [3.63, 3.8) is 0 Å². The molecule has 3 aromatic carbocycles. The van der Waals surface area contributed by atoms with Gasteiger partial charge in [-0.15, -0.1) is 12.4 Å². The second kappa shape index (κ2) is 12.3. The topological polar surface area (TPSA) is 79.4 Å². The number of carbonyl (C=O) groups is 1. The van der Waals surface area contributed by atoms with Gasteiger partial charge >= 0.3 is 5.97 Å². The molecule has 0 unspecified atom stereocenters. The van der Waals surface area contributed by atoms with Crippen LogP contribution in [0.4, 0.5) is 0 Å². The molecule has 1 atom stereocenters. The molecule has 6 nitrogen and oxygen atoms in total. The summed E-state index contributed by atoms with van der Waals surface area (Å²) in [6, 6.07) is 19.6. The van der Waals surface area contributed by atoms with Gasteiger partial charge in [0.15, 0.2) is 0 Å². The third-order valence-electron chi connectivity index (χ3n) is 5.58. The van der Waals surface area contributed by atoms with E-state index in [4.69, 9.17) is 43.4 Å². The largest absolute Gasteiger partial charge is 0.465 e. The number of methoxy groups -OCH3 is 1. The lowest BCUT2D eigenvalue weighted by molar-refractivity contribution is 0.0600. The maximum Gasteiger partial charge on any atom is 0.337 e. The summed E-state index contributed by atoms with van der Waals surface area (Å²) in [5, 5.41) is 1.13. The molecule has 0 saturated heterocycles. The molecule has 0 aliphatic rings. The van der Waals surface area contributed by atoms with E-state index in [-0.39, 0.29) is 24.4 Å². The minimum absolute atomic E-state index is 0. The molecule has 9 heteroatoms. The first-order valence-electron chi connectivity index (χ1n) is 11.1. The molecule has 2 N–H and O–H groups in total. The van der Waals surface area contributed by atoms with Crippen LogP contribution in [-0.4, -0.2) is 22.6 Å². The molecule has 0 fully saturated rings. The highest BCUT2D eigenvalue weighted by Gasteiger charge is 2.18. The average Bonchev–Trinajstić information content (AvgIpc) is 3.29. The minimum Gasteiger partial charge on any atom is -0.465 e. The Morgan fingerprint density at radius 3 is 2.25 bits per heavy atom. The van der Waals surface area contributed by atoms with Crippen LogP contribution in [0.15, 0.2) is 72.9 Å². The fourth-order valence-electron chi connectivity index (χ4n) is 3.76. The number of halogens is 3. The van der Waals surface area contributed by atoms with Crippen molar-refractivity contribution in [1.29, 1.82) is 0 Å². The molecule has 188 valence electrons. The average molecular weight is 547 g/mol. The Morgan fingerprint density at radius 1 is 1.03 bits per heavy atom. The summed E-state index contributed by atoms with van der Waals surface area (Å²) in [4.78, 5) is 16.4. The van der Waals surface area contributed by atoms with E-state index in [2.05, 4.69) is 6.92 Å². The van der Waals surface area contributed by atoms with E-state index in [1.807, 2.05) is 41.1 Å². The lowest BCUT2D eigenvalue weighted by Gasteiger charge is -2.13. The molecule has 4 aromatic rings. The number of aryl methyl sites for hydroxylation is 1. The molecule has 0 radical (unpaired) electrons. The van der Waals surface area contributed by atoms with Gasteiger partial charge in [-0.05, 0) is 73.5 Å². The van der Waals surface area contributed by atoms with Crippen LogP contribution in [0.5, 0.6) is 11.5 Å². The number of imidazole rings is 1. The summed E-state index contributed by atoms with van der Waals surface area (Å²) in [7, 11) is 1.35. The molecule has 4 rings (SSSR count). The third-order valence-corrected chi connectivity index (χ3v) is 6.12. The van der Waals surface area contributed by atoms with Gasteiger partial charge in [-0.2, -0.15) is 0 Å². The smallest absolute Gasteiger partial charge is 0.337 e. The van der Waals surface area contributed by atoms with Gasteiger partial charge in [-0.1, -0.05) is 35.3 Å². The van der Waals surface area contributed by atoms with Crippen LogP contribution in [0.25, 0.3) is 11.3 Å². The first-order chi connectivity index (χ1) is 16.9. The maximum absolute atomic E-state index is 11.6. The second-order valence-electron chi connectivity index (χ2n) is 7.97. The molecular formula is C27H26Cl3N3O3. The van der Waals surface area contributed by atoms with Gasteiger partial charge in [0, 0.05) is 23.3 Å². The van der Waals surface area contributed by atoms with Crippen molar-refractivity contribution >= 4 is 41.6 Å². The molecule has 0 aliphatic heterocycles. The highest BCUT2D eigenvalue weighted by Crippen LogP contribution is 2.31. The molecule has 0 spiro atoms. The van der Waals surface area contributed by atoms with Crippen molar-refractivity contribution in [2.45, 2.75) is 25.9 Å². The summed E-state index contributed by atoms with van der Waals surface area (Å²) in [5.74, 6) is 1.72. The zero-order valence-electron chi connectivity index (χ0n) is 19.8. The second-order valence-corrected chi connectivity index (χ2v) is 8.81. The molecule has 0 aliphatic carbocycles. The van der Waals surface area contributed by atoms with Crippen LogP contribution in [0, 0.1) is 0 Å². The monoisotopic (exact) mass is 545 g/mol.